The number of anilines is 1. The Morgan fingerprint density at radius 2 is 1.32 bits per heavy atom. The SMILES string of the molecule is CC(C)(CNC(=O)C(Br)(Br)Br)CNC(=O)C(Br)(Br)Br.CCCCC1C(=O)/C(=C2\C=C(C)c3ccc(N(CC)CC)cc3O2)C(=O)N(CCCC)C1=S.CCCCCCCCOC(=O)c1ccccc1-c1c2cc(Br)c(=O)c(Br)c-2oc2c(Br)c([O-])c(Br)cc12.[K+]. The Labute approximate surface area is 659 Å². The number of likely N-dealkylation sites (tertiary alicyclic amines) is 1. The van der Waals surface area contributed by atoms with E-state index in [4.69, 9.17) is 26.1 Å². The van der Waals surface area contributed by atoms with Gasteiger partial charge in [0.1, 0.15) is 27.1 Å². The number of unbranched alkanes of at least 4 members (excludes halogenated alkanes) is 7. The monoisotopic (exact) mass is 1920 g/mol. The van der Waals surface area contributed by atoms with Crippen molar-refractivity contribution < 1.29 is 94.4 Å². The molecule has 1 atom stereocenters. The number of thiocarbonyl (C=S) groups is 1. The van der Waals surface area contributed by atoms with Gasteiger partial charge in [0, 0.05) is 71.0 Å². The van der Waals surface area contributed by atoms with Gasteiger partial charge in [-0.05, 0) is 236 Å². The molecule has 0 saturated carbocycles. The average molecular weight is 1930 g/mol. The molecule has 3 amide bonds. The molecule has 4 aliphatic rings. The Balaban J connectivity index is 0.000000302. The van der Waals surface area contributed by atoms with Crippen molar-refractivity contribution in [1.29, 1.82) is 0 Å². The molecule has 3 aromatic rings. The first-order chi connectivity index (χ1) is 41.9. The van der Waals surface area contributed by atoms with Crippen LogP contribution < -0.4 is 82.2 Å². The van der Waals surface area contributed by atoms with Crippen LogP contribution in [0.25, 0.3) is 39.0 Å². The molecular formula is C64H71Br10KN4O10S. The number of ketones is 1. The van der Waals surface area contributed by atoms with Crippen LogP contribution in [-0.4, -0.2) is 83.0 Å². The zero-order chi connectivity index (χ0) is 66.3. The smallest absolute Gasteiger partial charge is 0.871 e. The molecular weight excluding hydrogens is 1850 g/mol. The first-order valence-corrected chi connectivity index (χ1v) is 37.5. The van der Waals surface area contributed by atoms with Gasteiger partial charge in [-0.25, -0.2) is 4.79 Å². The molecule has 0 bridgehead atoms. The van der Waals surface area contributed by atoms with Crippen molar-refractivity contribution in [2.24, 2.45) is 11.3 Å². The molecule has 484 valence electrons. The molecule has 3 heterocycles. The summed E-state index contributed by atoms with van der Waals surface area (Å²) in [7, 11) is 0. The minimum atomic E-state index is -0.969. The van der Waals surface area contributed by atoms with Gasteiger partial charge in [-0.1, -0.05) is 138 Å². The van der Waals surface area contributed by atoms with Gasteiger partial charge in [-0.2, -0.15) is 0 Å². The maximum absolute atomic E-state index is 13.5. The van der Waals surface area contributed by atoms with Crippen LogP contribution in [0.15, 0.2) is 99.1 Å². The van der Waals surface area contributed by atoms with E-state index in [0.717, 1.165) is 74.9 Å². The number of ether oxygens (including phenoxy) is 2. The number of hydrogen-bond donors (Lipinski definition) is 2. The number of allylic oxidation sites excluding steroid dienone is 2. The van der Waals surface area contributed by atoms with Crippen molar-refractivity contribution in [3.63, 3.8) is 0 Å². The minimum absolute atomic E-state index is 0. The van der Waals surface area contributed by atoms with Crippen LogP contribution in [0.2, 0.25) is 0 Å². The van der Waals surface area contributed by atoms with Crippen LogP contribution in [0.4, 0.5) is 5.69 Å². The second-order valence-corrected chi connectivity index (χ2v) is 39.2. The summed E-state index contributed by atoms with van der Waals surface area (Å²) >= 11 is 37.9. The summed E-state index contributed by atoms with van der Waals surface area (Å²) in [4.78, 5) is 80.6. The van der Waals surface area contributed by atoms with Gasteiger partial charge in [-0.15, -0.1) is 0 Å². The third kappa shape index (κ3) is 21.9. The fourth-order valence-electron chi connectivity index (χ4n) is 9.67. The number of nitrogens with one attached hydrogen (secondary N) is 2. The summed E-state index contributed by atoms with van der Waals surface area (Å²) in [6.45, 7) is 19.9. The second-order valence-electron chi connectivity index (χ2n) is 21.9. The fourth-order valence-corrected chi connectivity index (χ4v) is 13.3. The number of carbonyl (C=O) groups excluding carboxylic acids is 5. The number of amides is 3. The number of carbonyl (C=O) groups is 5. The largest absolute Gasteiger partial charge is 1.00 e. The average Bonchev–Trinajstić information content (AvgIpc) is 0.755. The van der Waals surface area contributed by atoms with E-state index in [1.165, 1.54) is 19.3 Å². The van der Waals surface area contributed by atoms with Gasteiger partial charge in [0.15, 0.2) is 11.5 Å². The number of piperidine rings is 1. The van der Waals surface area contributed by atoms with Gasteiger partial charge in [-0.3, -0.25) is 24.0 Å². The standard InChI is InChI=1S/C28H24Br4O5.C27H36N2O3S.C9H12Br6N2O2.K/c1-2-3-4-5-6-9-12-36-28(35)16-11-8-7-10-15(16)21-17-13-19(29)24(33)22(31)26(17)37-27-18(21)14-20(30)25(34)23(27)32;1-6-10-12-21-25(30)24(26(31)29(27(21)33)15-11-7-2)23-16-18(5)20-14-13-19(17-22(20)32-23)28(8-3)9-4;1-7(2,3-16-5(18)8(10,11)12)4-17-6(19)9(13,14)15;/h7-8,10-11,13-14,33H,2-6,9,12H2,1H3;13-14,16-17,21H,6-12,15H2,1-5H3;3-4H2,1-2H3,(H,16,18)(H,17,19);/q;;;+1/p-1/b;24-23-;;. The summed E-state index contributed by atoms with van der Waals surface area (Å²) < 4.78 is 17.2. The maximum Gasteiger partial charge on any atom is 1.00 e. The predicted octanol–water partition coefficient (Wildman–Crippen LogP) is 16.1. The molecule has 14 nitrogen and oxygen atoms in total. The van der Waals surface area contributed by atoms with Crippen LogP contribution in [-0.2, 0) is 23.9 Å². The Morgan fingerprint density at radius 1 is 0.733 bits per heavy atom. The normalized spacial score (nSPS) is 15.0. The van der Waals surface area contributed by atoms with Crippen molar-refractivity contribution >= 4 is 228 Å². The number of esters is 1. The van der Waals surface area contributed by atoms with Crippen LogP contribution >= 0.6 is 172 Å². The fraction of sp³-hybridized carbons (Fsp3) is 0.453. The molecule has 1 unspecified atom stereocenters. The van der Waals surface area contributed by atoms with Gasteiger partial charge in [0.05, 0.1) is 32.0 Å². The summed E-state index contributed by atoms with van der Waals surface area (Å²) in [6.07, 6.45) is 12.7. The quantitative estimate of drug-likeness (QED) is 0.00977. The summed E-state index contributed by atoms with van der Waals surface area (Å²) in [5.74, 6) is -0.885. The molecule has 0 aromatic heterocycles. The Kier molecular flexibility index (Phi) is 34.4. The predicted molar refractivity (Wildman–Crippen MR) is 396 cm³/mol. The number of halogens is 10. The van der Waals surface area contributed by atoms with Gasteiger partial charge in [0.25, 0.3) is 17.7 Å². The van der Waals surface area contributed by atoms with Crippen molar-refractivity contribution in [3.8, 4) is 33.9 Å². The van der Waals surface area contributed by atoms with E-state index in [-0.39, 0.29) is 117 Å². The third-order valence-corrected chi connectivity index (χ3v) is 19.9. The van der Waals surface area contributed by atoms with Crippen molar-refractivity contribution in [1.82, 2.24) is 15.5 Å². The molecule has 26 heteroatoms. The number of benzene rings is 4. The molecule has 90 heavy (non-hydrogen) atoms. The second kappa shape index (κ2) is 37.9. The zero-order valence-electron chi connectivity index (χ0n) is 51.5. The van der Waals surface area contributed by atoms with Crippen LogP contribution in [0, 0.1) is 11.3 Å². The molecule has 1 fully saturated rings. The number of rotatable bonds is 22. The van der Waals surface area contributed by atoms with Gasteiger partial charge < -0.3 is 39.4 Å². The Bertz CT molecular complexity index is 3450. The van der Waals surface area contributed by atoms with E-state index < -0.39 is 16.2 Å². The maximum atomic E-state index is 13.5. The molecule has 7 rings (SSSR count). The van der Waals surface area contributed by atoms with E-state index in [1.54, 1.807) is 29.2 Å². The molecule has 3 aliphatic heterocycles. The first kappa shape index (κ1) is 81.7. The minimum Gasteiger partial charge on any atom is -0.871 e. The van der Waals surface area contributed by atoms with E-state index in [9.17, 15) is 33.9 Å². The summed E-state index contributed by atoms with van der Waals surface area (Å²) in [5, 5.41) is 18.8. The van der Waals surface area contributed by atoms with Crippen molar-refractivity contribution in [2.45, 2.75) is 130 Å². The Morgan fingerprint density at radius 3 is 1.91 bits per heavy atom. The Hall–Kier alpha value is -0.694. The number of nitrogens with zero attached hydrogens (tertiary/aromatic N) is 2. The topological polar surface area (TPSA) is 188 Å². The summed E-state index contributed by atoms with van der Waals surface area (Å²) in [5.41, 5.74) is 5.08. The van der Waals surface area contributed by atoms with Crippen molar-refractivity contribution in [3.05, 3.63) is 111 Å². The number of hydrogen-bond acceptors (Lipinski definition) is 12. The van der Waals surface area contributed by atoms with E-state index in [2.05, 4.69) is 216 Å². The van der Waals surface area contributed by atoms with Crippen LogP contribution in [0.5, 0.6) is 11.5 Å². The molecule has 3 aromatic carbocycles. The van der Waals surface area contributed by atoms with Gasteiger partial charge in [0.2, 0.25) is 9.71 Å². The van der Waals surface area contributed by atoms with E-state index in [1.807, 2.05) is 51.1 Å². The number of alkyl halides is 6. The van der Waals surface area contributed by atoms with Crippen LogP contribution in [0.1, 0.15) is 142 Å². The summed E-state index contributed by atoms with van der Waals surface area (Å²) in [6, 6.07) is 16.7. The molecule has 1 saturated heterocycles. The van der Waals surface area contributed by atoms with Crippen LogP contribution in [0.3, 0.4) is 0 Å². The number of fused-ring (bicyclic) bond motifs is 3. The van der Waals surface area contributed by atoms with E-state index in [0.29, 0.717) is 85.7 Å². The molecule has 0 spiro atoms. The number of Topliss-reactive ketones (excluding diaryl/α,β-unsaturated/α-hetero) is 1. The molecule has 2 N–H and O–H groups in total. The third-order valence-electron chi connectivity index (χ3n) is 14.6. The first-order valence-electron chi connectivity index (χ1n) is 29.2. The van der Waals surface area contributed by atoms with E-state index >= 15 is 0 Å². The van der Waals surface area contributed by atoms with Gasteiger partial charge >= 0.3 is 57.4 Å². The molecule has 1 aliphatic carbocycles. The molecule has 0 radical (unpaired) electrons. The zero-order valence-corrected chi connectivity index (χ0v) is 71.3. The van der Waals surface area contributed by atoms with Crippen molar-refractivity contribution in [2.75, 3.05) is 44.2 Å².